The molecule has 2 aromatic rings. The molecule has 0 aliphatic carbocycles. The Kier molecular flexibility index (Phi) is 5.00. The van der Waals surface area contributed by atoms with E-state index in [1.54, 1.807) is 36.4 Å². The van der Waals surface area contributed by atoms with Crippen LogP contribution in [-0.4, -0.2) is 20.1 Å². The van der Waals surface area contributed by atoms with E-state index < -0.39 is 16.1 Å². The monoisotopic (exact) mass is 325 g/mol. The summed E-state index contributed by atoms with van der Waals surface area (Å²) < 4.78 is 27.1. The summed E-state index contributed by atoms with van der Waals surface area (Å²) in [6, 6.07) is 12.5. The second kappa shape index (κ2) is 6.58. The SMILES string of the molecule is Cc1ccc(S(=O)(=O)NC(CO)c2ccc(Cl)cc2)cc1. The quantitative estimate of drug-likeness (QED) is 0.888. The van der Waals surface area contributed by atoms with Crippen LogP contribution in [0.4, 0.5) is 0 Å². The van der Waals surface area contributed by atoms with Crippen molar-refractivity contribution in [3.8, 4) is 0 Å². The number of nitrogens with one attached hydrogen (secondary N) is 1. The third-order valence-corrected chi connectivity index (χ3v) is 4.82. The summed E-state index contributed by atoms with van der Waals surface area (Å²) in [5.74, 6) is 0. The van der Waals surface area contributed by atoms with Gasteiger partial charge in [0.15, 0.2) is 0 Å². The summed E-state index contributed by atoms with van der Waals surface area (Å²) in [6.07, 6.45) is 0. The van der Waals surface area contributed by atoms with Crippen molar-refractivity contribution in [3.63, 3.8) is 0 Å². The first-order chi connectivity index (χ1) is 9.92. The van der Waals surface area contributed by atoms with Gasteiger partial charge in [0.2, 0.25) is 10.0 Å². The third kappa shape index (κ3) is 4.04. The molecule has 0 saturated carbocycles. The average molecular weight is 326 g/mol. The van der Waals surface area contributed by atoms with Gasteiger partial charge >= 0.3 is 0 Å². The van der Waals surface area contributed by atoms with Crippen LogP contribution in [0.2, 0.25) is 5.02 Å². The van der Waals surface area contributed by atoms with Crippen molar-refractivity contribution in [2.75, 3.05) is 6.61 Å². The molecule has 2 N–H and O–H groups in total. The maximum atomic E-state index is 12.3. The Hall–Kier alpha value is -1.40. The van der Waals surface area contributed by atoms with Crippen LogP contribution in [0, 0.1) is 6.92 Å². The van der Waals surface area contributed by atoms with Crippen molar-refractivity contribution in [1.29, 1.82) is 0 Å². The number of aliphatic hydroxyl groups excluding tert-OH is 1. The van der Waals surface area contributed by atoms with Crippen molar-refractivity contribution in [3.05, 3.63) is 64.7 Å². The molecule has 0 saturated heterocycles. The Morgan fingerprint density at radius 2 is 1.67 bits per heavy atom. The Balaban J connectivity index is 2.24. The molecule has 112 valence electrons. The molecular weight excluding hydrogens is 310 g/mol. The molecule has 0 amide bonds. The molecule has 0 heterocycles. The number of halogens is 1. The van der Waals surface area contributed by atoms with Crippen LogP contribution in [0.5, 0.6) is 0 Å². The second-order valence-electron chi connectivity index (χ2n) is 4.72. The first-order valence-electron chi connectivity index (χ1n) is 6.38. The van der Waals surface area contributed by atoms with Gasteiger partial charge in [0.05, 0.1) is 17.5 Å². The minimum atomic E-state index is -3.69. The molecular formula is C15H16ClNO3S. The van der Waals surface area contributed by atoms with Gasteiger partial charge in [0.1, 0.15) is 0 Å². The average Bonchev–Trinajstić information content (AvgIpc) is 2.46. The standard InChI is InChI=1S/C15H16ClNO3S/c1-11-2-8-14(9-3-11)21(19,20)17-15(10-18)12-4-6-13(16)7-5-12/h2-9,15,17-18H,10H2,1H3. The van der Waals surface area contributed by atoms with E-state index >= 15 is 0 Å². The van der Waals surface area contributed by atoms with E-state index in [2.05, 4.69) is 4.72 Å². The van der Waals surface area contributed by atoms with E-state index in [4.69, 9.17) is 11.6 Å². The Bertz CT molecular complexity index is 697. The Labute approximate surface area is 129 Å². The predicted molar refractivity (Wildman–Crippen MR) is 82.8 cm³/mol. The topological polar surface area (TPSA) is 66.4 Å². The lowest BCUT2D eigenvalue weighted by molar-refractivity contribution is 0.259. The fraction of sp³-hybridized carbons (Fsp3) is 0.200. The van der Waals surface area contributed by atoms with Gasteiger partial charge in [0, 0.05) is 5.02 Å². The van der Waals surface area contributed by atoms with Gasteiger partial charge in [-0.3, -0.25) is 0 Å². The van der Waals surface area contributed by atoms with Crippen LogP contribution in [0.3, 0.4) is 0 Å². The van der Waals surface area contributed by atoms with E-state index in [9.17, 15) is 13.5 Å². The van der Waals surface area contributed by atoms with Crippen LogP contribution in [0.25, 0.3) is 0 Å². The van der Waals surface area contributed by atoms with Gasteiger partial charge in [-0.2, -0.15) is 0 Å². The second-order valence-corrected chi connectivity index (χ2v) is 6.87. The molecule has 1 unspecified atom stereocenters. The fourth-order valence-corrected chi connectivity index (χ4v) is 3.22. The zero-order chi connectivity index (χ0) is 15.5. The molecule has 0 aliphatic heterocycles. The Morgan fingerprint density at radius 3 is 2.19 bits per heavy atom. The third-order valence-electron chi connectivity index (χ3n) is 3.08. The molecule has 2 rings (SSSR count). The molecule has 6 heteroatoms. The van der Waals surface area contributed by atoms with Crippen LogP contribution >= 0.6 is 11.6 Å². The van der Waals surface area contributed by atoms with Gasteiger partial charge in [0.25, 0.3) is 0 Å². The van der Waals surface area contributed by atoms with Crippen LogP contribution in [0.15, 0.2) is 53.4 Å². The van der Waals surface area contributed by atoms with Crippen molar-refractivity contribution in [2.45, 2.75) is 17.9 Å². The summed E-state index contributed by atoms with van der Waals surface area (Å²) in [4.78, 5) is 0.167. The van der Waals surface area contributed by atoms with E-state index in [0.717, 1.165) is 5.56 Å². The van der Waals surface area contributed by atoms with Crippen molar-refractivity contribution in [1.82, 2.24) is 4.72 Å². The molecule has 0 bridgehead atoms. The molecule has 0 spiro atoms. The molecule has 0 radical (unpaired) electrons. The van der Waals surface area contributed by atoms with Gasteiger partial charge in [-0.1, -0.05) is 41.4 Å². The molecule has 0 fully saturated rings. The minimum Gasteiger partial charge on any atom is -0.394 e. The zero-order valence-electron chi connectivity index (χ0n) is 11.5. The minimum absolute atomic E-state index is 0.167. The summed E-state index contributed by atoms with van der Waals surface area (Å²) >= 11 is 5.80. The Morgan fingerprint density at radius 1 is 1.10 bits per heavy atom. The molecule has 21 heavy (non-hydrogen) atoms. The lowest BCUT2D eigenvalue weighted by Gasteiger charge is -2.17. The van der Waals surface area contributed by atoms with Crippen molar-refractivity contribution >= 4 is 21.6 Å². The smallest absolute Gasteiger partial charge is 0.241 e. The van der Waals surface area contributed by atoms with Gasteiger partial charge in [-0.05, 0) is 36.8 Å². The maximum absolute atomic E-state index is 12.3. The van der Waals surface area contributed by atoms with E-state index in [1.165, 1.54) is 12.1 Å². The van der Waals surface area contributed by atoms with Crippen LogP contribution < -0.4 is 4.72 Å². The lowest BCUT2D eigenvalue weighted by Crippen LogP contribution is -2.30. The number of aryl methyl sites for hydroxylation is 1. The maximum Gasteiger partial charge on any atom is 0.241 e. The highest BCUT2D eigenvalue weighted by Crippen LogP contribution is 2.19. The lowest BCUT2D eigenvalue weighted by atomic mass is 10.1. The van der Waals surface area contributed by atoms with E-state index in [0.29, 0.717) is 10.6 Å². The first-order valence-corrected chi connectivity index (χ1v) is 8.24. The molecule has 1 atom stereocenters. The highest BCUT2D eigenvalue weighted by Gasteiger charge is 2.20. The summed E-state index contributed by atoms with van der Waals surface area (Å²) in [7, 11) is -3.69. The predicted octanol–water partition coefficient (Wildman–Crippen LogP) is 2.66. The molecule has 0 aliphatic rings. The molecule has 2 aromatic carbocycles. The number of benzene rings is 2. The number of hydrogen-bond donors (Lipinski definition) is 2. The number of sulfonamides is 1. The number of rotatable bonds is 5. The van der Waals surface area contributed by atoms with E-state index in [-0.39, 0.29) is 11.5 Å². The van der Waals surface area contributed by atoms with E-state index in [1.807, 2.05) is 6.92 Å². The normalized spacial score (nSPS) is 13.1. The highest BCUT2D eigenvalue weighted by molar-refractivity contribution is 7.89. The van der Waals surface area contributed by atoms with Gasteiger partial charge in [-0.25, -0.2) is 13.1 Å². The van der Waals surface area contributed by atoms with Gasteiger partial charge in [-0.15, -0.1) is 0 Å². The van der Waals surface area contributed by atoms with Crippen LogP contribution in [0.1, 0.15) is 17.2 Å². The van der Waals surface area contributed by atoms with Crippen molar-refractivity contribution in [2.24, 2.45) is 0 Å². The summed E-state index contributed by atoms with van der Waals surface area (Å²) in [5.41, 5.74) is 1.63. The summed E-state index contributed by atoms with van der Waals surface area (Å²) in [5, 5.41) is 10.00. The highest BCUT2D eigenvalue weighted by atomic mass is 35.5. The first kappa shape index (κ1) is 16.0. The molecule has 0 aromatic heterocycles. The van der Waals surface area contributed by atoms with Crippen LogP contribution in [-0.2, 0) is 10.0 Å². The molecule has 4 nitrogen and oxygen atoms in total. The largest absolute Gasteiger partial charge is 0.394 e. The van der Waals surface area contributed by atoms with Gasteiger partial charge < -0.3 is 5.11 Å². The fourth-order valence-electron chi connectivity index (χ4n) is 1.88. The number of aliphatic hydroxyl groups is 1. The number of hydrogen-bond acceptors (Lipinski definition) is 3. The van der Waals surface area contributed by atoms with Crippen molar-refractivity contribution < 1.29 is 13.5 Å². The summed E-state index contributed by atoms with van der Waals surface area (Å²) in [6.45, 7) is 1.54. The zero-order valence-corrected chi connectivity index (χ0v) is 13.0.